The molecule has 0 aromatic carbocycles. The van der Waals surface area contributed by atoms with Crippen LogP contribution in [0.2, 0.25) is 0 Å². The van der Waals surface area contributed by atoms with Crippen molar-refractivity contribution in [3.8, 4) is 0 Å². The van der Waals surface area contributed by atoms with E-state index in [2.05, 4.69) is 11.5 Å². The number of hydrogen-bond acceptors (Lipinski definition) is 7. The van der Waals surface area contributed by atoms with Gasteiger partial charge in [-0.1, -0.05) is 18.7 Å². The lowest BCUT2D eigenvalue weighted by Gasteiger charge is -2.29. The Kier molecular flexibility index (Phi) is 4.81. The summed E-state index contributed by atoms with van der Waals surface area (Å²) in [7, 11) is 0. The van der Waals surface area contributed by atoms with Crippen LogP contribution in [0.1, 0.15) is 19.8 Å². The van der Waals surface area contributed by atoms with E-state index in [4.69, 9.17) is 9.47 Å². The van der Waals surface area contributed by atoms with Gasteiger partial charge in [-0.3, -0.25) is 4.90 Å². The summed E-state index contributed by atoms with van der Waals surface area (Å²) < 4.78 is 11.0. The molecule has 3 aliphatic heterocycles. The van der Waals surface area contributed by atoms with Crippen LogP contribution in [0.3, 0.4) is 0 Å². The van der Waals surface area contributed by atoms with Crippen LogP contribution in [0.4, 0.5) is 0 Å². The summed E-state index contributed by atoms with van der Waals surface area (Å²) >= 11 is 0. The van der Waals surface area contributed by atoms with Gasteiger partial charge in [0.1, 0.15) is 12.7 Å². The van der Waals surface area contributed by atoms with Crippen molar-refractivity contribution in [2.45, 2.75) is 37.5 Å². The van der Waals surface area contributed by atoms with Gasteiger partial charge in [-0.05, 0) is 24.5 Å². The number of carbonyl (C=O) groups is 2. The molecule has 3 heterocycles. The van der Waals surface area contributed by atoms with Gasteiger partial charge in [0.05, 0.1) is 12.6 Å². The van der Waals surface area contributed by atoms with Crippen molar-refractivity contribution in [2.24, 2.45) is 0 Å². The van der Waals surface area contributed by atoms with E-state index in [1.165, 1.54) is 0 Å². The van der Waals surface area contributed by atoms with E-state index in [1.807, 2.05) is 6.08 Å². The number of hydrogen-bond donors (Lipinski definition) is 2. The number of ether oxygens (including phenoxy) is 2. The van der Waals surface area contributed by atoms with Crippen molar-refractivity contribution < 1.29 is 29.3 Å². The lowest BCUT2D eigenvalue weighted by atomic mass is 9.90. The second-order valence-electron chi connectivity index (χ2n) is 6.64. The number of rotatable bonds is 1. The van der Waals surface area contributed by atoms with Gasteiger partial charge in [-0.25, -0.2) is 9.59 Å². The highest BCUT2D eigenvalue weighted by molar-refractivity contribution is 5.90. The molecule has 0 aliphatic carbocycles. The zero-order valence-electron chi connectivity index (χ0n) is 14.2. The molecule has 0 unspecified atom stereocenters. The second-order valence-corrected chi connectivity index (χ2v) is 6.64. The summed E-state index contributed by atoms with van der Waals surface area (Å²) in [5, 5.41) is 20.1. The molecule has 3 rings (SSSR count). The van der Waals surface area contributed by atoms with Crippen LogP contribution in [0.15, 0.2) is 35.5 Å². The maximum absolute atomic E-state index is 12.5. The smallest absolute Gasteiger partial charge is 0.345 e. The van der Waals surface area contributed by atoms with Crippen LogP contribution in [0.5, 0.6) is 0 Å². The minimum Gasteiger partial charge on any atom is -0.459 e. The first-order valence-electron chi connectivity index (χ1n) is 8.38. The molecule has 0 bridgehead atoms. The van der Waals surface area contributed by atoms with Crippen LogP contribution in [-0.2, 0) is 19.1 Å². The first-order chi connectivity index (χ1) is 11.9. The van der Waals surface area contributed by atoms with Gasteiger partial charge >= 0.3 is 11.9 Å². The number of cyclic esters (lactones) is 1. The Labute approximate surface area is 146 Å². The normalized spacial score (nSPS) is 35.6. The fourth-order valence-electron chi connectivity index (χ4n) is 3.60. The van der Waals surface area contributed by atoms with Crippen LogP contribution < -0.4 is 0 Å². The molecule has 3 atom stereocenters. The summed E-state index contributed by atoms with van der Waals surface area (Å²) in [4.78, 5) is 27.1. The Hall–Kier alpha value is -1.96. The van der Waals surface area contributed by atoms with Crippen LogP contribution in [0.25, 0.3) is 0 Å². The SMILES string of the molecule is C=C1C/C(=C\C)C(=O)O[C@@H]2CCN3CC=C(COC(=O)[C@@]1(O)CO)[C@H]23. The molecule has 7 heteroatoms. The predicted octanol–water partition coefficient (Wildman–Crippen LogP) is 0.0853. The van der Waals surface area contributed by atoms with Gasteiger partial charge < -0.3 is 19.7 Å². The van der Waals surface area contributed by atoms with Crippen molar-refractivity contribution >= 4 is 11.9 Å². The molecule has 0 spiro atoms. The molecule has 0 aromatic rings. The van der Waals surface area contributed by atoms with Gasteiger partial charge in [0.2, 0.25) is 5.60 Å². The third kappa shape index (κ3) is 3.03. The zero-order valence-corrected chi connectivity index (χ0v) is 14.2. The Morgan fingerprint density at radius 3 is 2.92 bits per heavy atom. The summed E-state index contributed by atoms with van der Waals surface area (Å²) in [5.74, 6) is -1.45. The summed E-state index contributed by atoms with van der Waals surface area (Å²) in [6, 6.07) is -0.111. The molecule has 0 aromatic heterocycles. The van der Waals surface area contributed by atoms with Crippen molar-refractivity contribution in [3.05, 3.63) is 35.5 Å². The lowest BCUT2D eigenvalue weighted by molar-refractivity contribution is -0.164. The predicted molar refractivity (Wildman–Crippen MR) is 88.4 cm³/mol. The highest BCUT2D eigenvalue weighted by Gasteiger charge is 2.45. The molecular weight excluding hydrogens is 326 g/mol. The van der Waals surface area contributed by atoms with E-state index in [0.29, 0.717) is 6.54 Å². The van der Waals surface area contributed by atoms with Gasteiger partial charge in [0.25, 0.3) is 0 Å². The maximum Gasteiger partial charge on any atom is 0.345 e. The number of allylic oxidation sites excluding steroid dienone is 1. The second kappa shape index (κ2) is 6.74. The van der Waals surface area contributed by atoms with Gasteiger partial charge in [0, 0.05) is 25.1 Å². The molecule has 0 amide bonds. The van der Waals surface area contributed by atoms with Crippen LogP contribution in [-0.4, -0.2) is 71.1 Å². The van der Waals surface area contributed by atoms with Crippen LogP contribution in [0, 0.1) is 0 Å². The quantitative estimate of drug-likeness (QED) is 0.393. The van der Waals surface area contributed by atoms with Crippen molar-refractivity contribution in [3.63, 3.8) is 0 Å². The summed E-state index contributed by atoms with van der Waals surface area (Å²) in [6.07, 6.45) is 3.87. The minimum absolute atomic E-state index is 0.00405. The van der Waals surface area contributed by atoms with E-state index < -0.39 is 24.1 Å². The summed E-state index contributed by atoms with van der Waals surface area (Å²) in [5.41, 5.74) is -1.12. The maximum atomic E-state index is 12.5. The van der Waals surface area contributed by atoms with Gasteiger partial charge in [-0.15, -0.1) is 0 Å². The number of esters is 2. The average Bonchev–Trinajstić information content (AvgIpc) is 3.18. The van der Waals surface area contributed by atoms with Crippen LogP contribution >= 0.6 is 0 Å². The van der Waals surface area contributed by atoms with Crippen molar-refractivity contribution in [1.82, 2.24) is 4.90 Å². The Morgan fingerprint density at radius 2 is 2.24 bits per heavy atom. The lowest BCUT2D eigenvalue weighted by Crippen LogP contribution is -2.46. The average molecular weight is 349 g/mol. The van der Waals surface area contributed by atoms with Crippen molar-refractivity contribution in [2.75, 3.05) is 26.3 Å². The van der Waals surface area contributed by atoms with E-state index >= 15 is 0 Å². The van der Waals surface area contributed by atoms with E-state index in [0.717, 1.165) is 18.5 Å². The molecule has 0 radical (unpaired) electrons. The number of carbonyl (C=O) groups excluding carboxylic acids is 2. The molecular formula is C18H23NO6. The van der Waals surface area contributed by atoms with E-state index in [1.54, 1.807) is 13.0 Å². The first-order valence-corrected chi connectivity index (χ1v) is 8.38. The molecule has 25 heavy (non-hydrogen) atoms. The molecule has 3 aliphatic rings. The molecule has 0 saturated carbocycles. The van der Waals surface area contributed by atoms with E-state index in [-0.39, 0.29) is 36.3 Å². The highest BCUT2D eigenvalue weighted by Crippen LogP contribution is 2.33. The van der Waals surface area contributed by atoms with Crippen molar-refractivity contribution in [1.29, 1.82) is 0 Å². The zero-order chi connectivity index (χ0) is 18.2. The number of nitrogens with zero attached hydrogens (tertiary/aromatic N) is 1. The largest absolute Gasteiger partial charge is 0.459 e. The fourth-order valence-corrected chi connectivity index (χ4v) is 3.60. The van der Waals surface area contributed by atoms with Gasteiger partial charge in [0.15, 0.2) is 0 Å². The minimum atomic E-state index is -2.25. The van der Waals surface area contributed by atoms with Gasteiger partial charge in [-0.2, -0.15) is 0 Å². The first kappa shape index (κ1) is 17.8. The topological polar surface area (TPSA) is 96.3 Å². The fraction of sp³-hybridized carbons (Fsp3) is 0.556. The highest BCUT2D eigenvalue weighted by atomic mass is 16.6. The van der Waals surface area contributed by atoms with E-state index in [9.17, 15) is 19.8 Å². The Balaban J connectivity index is 1.94. The molecule has 2 saturated heterocycles. The molecule has 2 N–H and O–H groups in total. The summed E-state index contributed by atoms with van der Waals surface area (Å²) in [6.45, 7) is 5.98. The molecule has 136 valence electrons. The molecule has 2 fully saturated rings. The number of aliphatic hydroxyl groups is 2. The Bertz CT molecular complexity index is 666. The third-order valence-corrected chi connectivity index (χ3v) is 5.21. The third-order valence-electron chi connectivity index (χ3n) is 5.21. The number of aliphatic hydroxyl groups excluding tert-OH is 1. The monoisotopic (exact) mass is 349 g/mol. The molecule has 7 nitrogen and oxygen atoms in total. The standard InChI is InChI=1S/C18H23NO6/c1-3-12-8-11(2)18(23,10-20)17(22)24-9-13-4-6-19-7-5-14(15(13)19)25-16(12)21/h3-4,14-15,20,23H,2,5-10H2,1H3/b12-3+/t14-,15-,18-/m1/s1. The Morgan fingerprint density at radius 1 is 1.48 bits per heavy atom.